The number of aromatic nitrogens is 1. The van der Waals surface area contributed by atoms with Gasteiger partial charge in [0.15, 0.2) is 0 Å². The van der Waals surface area contributed by atoms with Gasteiger partial charge >= 0.3 is 0 Å². The highest BCUT2D eigenvalue weighted by atomic mass is 15.2. The summed E-state index contributed by atoms with van der Waals surface area (Å²) in [6.45, 7) is 0.668. The van der Waals surface area contributed by atoms with Crippen LogP contribution in [0, 0.1) is 11.3 Å². The third kappa shape index (κ3) is 3.21. The van der Waals surface area contributed by atoms with Gasteiger partial charge in [0.1, 0.15) is 5.82 Å². The van der Waals surface area contributed by atoms with E-state index < -0.39 is 0 Å². The SMILES string of the molecule is CN(Cc1cccc(NN)n1)c1ccc(C#N)cc1. The lowest BCUT2D eigenvalue weighted by Gasteiger charge is -2.19. The Bertz CT molecular complexity index is 586. The maximum absolute atomic E-state index is 8.77. The van der Waals surface area contributed by atoms with Gasteiger partial charge in [-0.1, -0.05) is 6.07 Å². The Morgan fingerprint density at radius 1 is 1.26 bits per heavy atom. The number of benzene rings is 1. The van der Waals surface area contributed by atoms with Crippen LogP contribution in [0.1, 0.15) is 11.3 Å². The van der Waals surface area contributed by atoms with Crippen LogP contribution in [-0.2, 0) is 6.54 Å². The van der Waals surface area contributed by atoms with Crippen molar-refractivity contribution < 1.29 is 0 Å². The van der Waals surface area contributed by atoms with Gasteiger partial charge in [-0.3, -0.25) is 0 Å². The molecule has 1 heterocycles. The smallest absolute Gasteiger partial charge is 0.140 e. The van der Waals surface area contributed by atoms with Crippen LogP contribution in [0.5, 0.6) is 0 Å². The van der Waals surface area contributed by atoms with Crippen LogP contribution in [-0.4, -0.2) is 12.0 Å². The molecule has 0 radical (unpaired) electrons. The zero-order valence-electron chi connectivity index (χ0n) is 10.7. The third-order valence-electron chi connectivity index (χ3n) is 2.79. The number of pyridine rings is 1. The first-order chi connectivity index (χ1) is 9.22. The number of rotatable bonds is 4. The topological polar surface area (TPSA) is 78.0 Å². The summed E-state index contributed by atoms with van der Waals surface area (Å²) in [4.78, 5) is 6.42. The first-order valence-electron chi connectivity index (χ1n) is 5.87. The fraction of sp³-hybridized carbons (Fsp3) is 0.143. The molecule has 1 aromatic heterocycles. The number of hydrogen-bond donors (Lipinski definition) is 2. The van der Waals surface area contributed by atoms with Crippen LogP contribution in [0.2, 0.25) is 0 Å². The summed E-state index contributed by atoms with van der Waals surface area (Å²) in [7, 11) is 1.98. The molecular formula is C14H15N5. The Morgan fingerprint density at radius 2 is 2.00 bits per heavy atom. The van der Waals surface area contributed by atoms with E-state index in [4.69, 9.17) is 11.1 Å². The molecule has 1 aromatic carbocycles. The van der Waals surface area contributed by atoms with Crippen molar-refractivity contribution in [2.45, 2.75) is 6.54 Å². The Labute approximate surface area is 112 Å². The van der Waals surface area contributed by atoms with Gasteiger partial charge < -0.3 is 10.3 Å². The Balaban J connectivity index is 2.11. The average Bonchev–Trinajstić information content (AvgIpc) is 2.47. The number of nitriles is 1. The quantitative estimate of drug-likeness (QED) is 0.642. The Hall–Kier alpha value is -2.58. The average molecular weight is 253 g/mol. The maximum atomic E-state index is 8.77. The fourth-order valence-corrected chi connectivity index (χ4v) is 1.77. The van der Waals surface area contributed by atoms with Crippen molar-refractivity contribution in [1.82, 2.24) is 4.98 Å². The summed E-state index contributed by atoms with van der Waals surface area (Å²) in [5.74, 6) is 5.98. The number of nitrogens with two attached hydrogens (primary N) is 1. The molecule has 0 amide bonds. The molecule has 0 atom stereocenters. The number of nitrogens with zero attached hydrogens (tertiary/aromatic N) is 3. The number of hydrogen-bond acceptors (Lipinski definition) is 5. The fourth-order valence-electron chi connectivity index (χ4n) is 1.77. The first-order valence-corrected chi connectivity index (χ1v) is 5.87. The number of hydrazine groups is 1. The van der Waals surface area contributed by atoms with Gasteiger partial charge in [0.25, 0.3) is 0 Å². The first kappa shape index (κ1) is 12.9. The molecule has 96 valence electrons. The van der Waals surface area contributed by atoms with E-state index in [9.17, 15) is 0 Å². The van der Waals surface area contributed by atoms with Gasteiger partial charge in [-0.25, -0.2) is 10.8 Å². The predicted molar refractivity (Wildman–Crippen MR) is 75.3 cm³/mol. The van der Waals surface area contributed by atoms with Gasteiger partial charge in [0.2, 0.25) is 0 Å². The van der Waals surface area contributed by atoms with Gasteiger partial charge in [0, 0.05) is 12.7 Å². The molecule has 5 nitrogen and oxygen atoms in total. The highest BCUT2D eigenvalue weighted by Gasteiger charge is 2.04. The molecule has 0 fully saturated rings. The molecular weight excluding hydrogens is 238 g/mol. The minimum Gasteiger partial charge on any atom is -0.369 e. The molecule has 0 bridgehead atoms. The summed E-state index contributed by atoms with van der Waals surface area (Å²) in [6, 6.07) is 15.2. The Morgan fingerprint density at radius 3 is 2.63 bits per heavy atom. The maximum Gasteiger partial charge on any atom is 0.140 e. The van der Waals surface area contributed by atoms with Crippen LogP contribution in [0.25, 0.3) is 0 Å². The highest BCUT2D eigenvalue weighted by molar-refractivity contribution is 5.49. The molecule has 0 unspecified atom stereocenters. The van der Waals surface area contributed by atoms with Crippen molar-refractivity contribution in [2.24, 2.45) is 5.84 Å². The number of nitrogen functional groups attached to an aromatic ring is 1. The van der Waals surface area contributed by atoms with Crippen LogP contribution >= 0.6 is 0 Å². The second-order valence-electron chi connectivity index (χ2n) is 4.17. The molecule has 3 N–H and O–H groups in total. The monoisotopic (exact) mass is 253 g/mol. The zero-order chi connectivity index (χ0) is 13.7. The van der Waals surface area contributed by atoms with Crippen LogP contribution in [0.4, 0.5) is 11.5 Å². The molecule has 0 saturated heterocycles. The molecule has 2 rings (SSSR count). The molecule has 0 aliphatic rings. The van der Waals surface area contributed by atoms with Crippen molar-refractivity contribution in [3.8, 4) is 6.07 Å². The van der Waals surface area contributed by atoms with Crippen molar-refractivity contribution >= 4 is 11.5 Å². The lowest BCUT2D eigenvalue weighted by Crippen LogP contribution is -2.18. The summed E-state index contributed by atoms with van der Waals surface area (Å²) in [5, 5.41) is 8.77. The standard InChI is InChI=1S/C14H15N5/c1-19(13-7-5-11(9-15)6-8-13)10-12-3-2-4-14(17-12)18-16/h2-8H,10,16H2,1H3,(H,17,18). The Kier molecular flexibility index (Phi) is 3.96. The summed E-state index contributed by atoms with van der Waals surface area (Å²) < 4.78 is 0. The number of nitrogens with one attached hydrogen (secondary N) is 1. The minimum atomic E-state index is 0.644. The number of anilines is 2. The van der Waals surface area contributed by atoms with E-state index >= 15 is 0 Å². The molecule has 0 spiro atoms. The molecule has 0 aliphatic carbocycles. The van der Waals surface area contributed by atoms with Crippen LogP contribution < -0.4 is 16.2 Å². The van der Waals surface area contributed by atoms with E-state index in [1.54, 1.807) is 12.1 Å². The van der Waals surface area contributed by atoms with Gasteiger partial charge in [-0.15, -0.1) is 0 Å². The van der Waals surface area contributed by atoms with Gasteiger partial charge in [-0.2, -0.15) is 5.26 Å². The van der Waals surface area contributed by atoms with Crippen molar-refractivity contribution in [3.63, 3.8) is 0 Å². The van der Waals surface area contributed by atoms with E-state index in [-0.39, 0.29) is 0 Å². The molecule has 0 aliphatic heterocycles. The van der Waals surface area contributed by atoms with Crippen LogP contribution in [0.15, 0.2) is 42.5 Å². The van der Waals surface area contributed by atoms with E-state index in [0.717, 1.165) is 11.4 Å². The predicted octanol–water partition coefficient (Wildman–Crippen LogP) is 1.88. The molecule has 0 saturated carbocycles. The van der Waals surface area contributed by atoms with Crippen molar-refractivity contribution in [1.29, 1.82) is 5.26 Å². The summed E-state index contributed by atoms with van der Waals surface area (Å²) in [5.41, 5.74) is 5.14. The highest BCUT2D eigenvalue weighted by Crippen LogP contribution is 2.16. The molecule has 2 aromatic rings. The summed E-state index contributed by atoms with van der Waals surface area (Å²) in [6.07, 6.45) is 0. The molecule has 19 heavy (non-hydrogen) atoms. The van der Waals surface area contributed by atoms with Gasteiger partial charge in [0.05, 0.1) is 23.9 Å². The van der Waals surface area contributed by atoms with E-state index in [0.29, 0.717) is 17.9 Å². The third-order valence-corrected chi connectivity index (χ3v) is 2.79. The lowest BCUT2D eigenvalue weighted by molar-refractivity contribution is 0.885. The van der Waals surface area contributed by atoms with Crippen molar-refractivity contribution in [3.05, 3.63) is 53.7 Å². The zero-order valence-corrected chi connectivity index (χ0v) is 10.7. The lowest BCUT2D eigenvalue weighted by atomic mass is 10.2. The summed E-state index contributed by atoms with van der Waals surface area (Å²) >= 11 is 0. The van der Waals surface area contributed by atoms with E-state index in [1.165, 1.54) is 0 Å². The van der Waals surface area contributed by atoms with Crippen LogP contribution in [0.3, 0.4) is 0 Å². The largest absolute Gasteiger partial charge is 0.369 e. The van der Waals surface area contributed by atoms with E-state index in [2.05, 4.69) is 21.4 Å². The van der Waals surface area contributed by atoms with Gasteiger partial charge in [-0.05, 0) is 36.4 Å². The van der Waals surface area contributed by atoms with E-state index in [1.807, 2.05) is 37.4 Å². The normalized spacial score (nSPS) is 9.74. The second-order valence-corrected chi connectivity index (χ2v) is 4.17. The molecule has 5 heteroatoms. The van der Waals surface area contributed by atoms with Crippen molar-refractivity contribution in [2.75, 3.05) is 17.4 Å². The minimum absolute atomic E-state index is 0.644. The second kappa shape index (κ2) is 5.85.